The van der Waals surface area contributed by atoms with Crippen molar-refractivity contribution >= 4 is 22.8 Å². The van der Waals surface area contributed by atoms with E-state index < -0.39 is 29.8 Å². The molecule has 2 N–H and O–H groups in total. The maximum absolute atomic E-state index is 12.0. The summed E-state index contributed by atoms with van der Waals surface area (Å²) < 4.78 is 11.2. The number of hydrogen-bond acceptors (Lipinski definition) is 6. The lowest BCUT2D eigenvalue weighted by atomic mass is 10.1. The molecule has 3 rings (SSSR count). The minimum atomic E-state index is -1.04. The molecular weight excluding hydrogens is 350 g/mol. The van der Waals surface area contributed by atoms with Gasteiger partial charge in [-0.2, -0.15) is 0 Å². The molecule has 8 heteroatoms. The molecule has 1 fully saturated rings. The molecule has 1 aliphatic rings. The number of hydrazine groups is 1. The first-order chi connectivity index (χ1) is 12.7. The zero-order chi connectivity index (χ0) is 19.6. The number of benzene rings is 1. The van der Waals surface area contributed by atoms with E-state index in [1.165, 1.54) is 5.01 Å². The molecule has 2 heterocycles. The van der Waals surface area contributed by atoms with Gasteiger partial charge in [0.1, 0.15) is 17.7 Å². The zero-order valence-electron chi connectivity index (χ0n) is 15.5. The number of carboxylic acid groups (broad SMARTS) is 1. The number of aromatic nitrogens is 1. The van der Waals surface area contributed by atoms with Crippen molar-refractivity contribution in [2.75, 3.05) is 6.54 Å². The van der Waals surface area contributed by atoms with Gasteiger partial charge in [0.25, 0.3) is 0 Å². The molecule has 0 unspecified atom stereocenters. The molecule has 0 radical (unpaired) electrons. The van der Waals surface area contributed by atoms with Gasteiger partial charge in [-0.05, 0) is 38.3 Å². The largest absolute Gasteiger partial charge is 0.480 e. The number of fused-ring (bicyclic) bond motifs is 1. The highest BCUT2D eigenvalue weighted by atomic mass is 16.6. The number of ether oxygens (including phenoxy) is 2. The summed E-state index contributed by atoms with van der Waals surface area (Å²) in [6.45, 7) is 5.43. The molecule has 1 amide bonds. The predicted octanol–water partition coefficient (Wildman–Crippen LogP) is 2.58. The van der Waals surface area contributed by atoms with Crippen molar-refractivity contribution in [1.29, 1.82) is 0 Å². The quantitative estimate of drug-likeness (QED) is 0.849. The molecule has 1 aliphatic heterocycles. The highest BCUT2D eigenvalue weighted by Crippen LogP contribution is 2.27. The van der Waals surface area contributed by atoms with Gasteiger partial charge in [0.2, 0.25) is 5.88 Å². The number of aliphatic carboxylic acids is 1. The summed E-state index contributed by atoms with van der Waals surface area (Å²) in [6, 6.07) is 8.65. The lowest BCUT2D eigenvalue weighted by Crippen LogP contribution is -2.50. The van der Waals surface area contributed by atoms with E-state index in [-0.39, 0.29) is 13.0 Å². The Kier molecular flexibility index (Phi) is 5.18. The van der Waals surface area contributed by atoms with Crippen LogP contribution < -0.4 is 10.2 Å². The van der Waals surface area contributed by atoms with Crippen LogP contribution in [0.5, 0.6) is 5.88 Å². The highest BCUT2D eigenvalue weighted by Gasteiger charge is 2.40. The Bertz CT molecular complexity index is 843. The lowest BCUT2D eigenvalue weighted by molar-refractivity contribution is -0.143. The second-order valence-electron chi connectivity index (χ2n) is 7.43. The fourth-order valence-corrected chi connectivity index (χ4v) is 3.00. The molecule has 1 saturated heterocycles. The van der Waals surface area contributed by atoms with E-state index in [1.54, 1.807) is 27.0 Å². The Morgan fingerprint density at radius 2 is 2.00 bits per heavy atom. The first kappa shape index (κ1) is 18.9. The van der Waals surface area contributed by atoms with Gasteiger partial charge in [0.15, 0.2) is 0 Å². The molecule has 27 heavy (non-hydrogen) atoms. The van der Waals surface area contributed by atoms with Crippen molar-refractivity contribution in [1.82, 2.24) is 15.4 Å². The molecule has 0 saturated carbocycles. The molecule has 144 valence electrons. The molecule has 0 aliphatic carbocycles. The van der Waals surface area contributed by atoms with Crippen LogP contribution in [0.2, 0.25) is 0 Å². The van der Waals surface area contributed by atoms with Crippen molar-refractivity contribution in [2.45, 2.75) is 44.9 Å². The summed E-state index contributed by atoms with van der Waals surface area (Å²) in [5, 5.41) is 12.7. The smallest absolute Gasteiger partial charge is 0.422 e. The second-order valence-corrected chi connectivity index (χ2v) is 7.43. The summed E-state index contributed by atoms with van der Waals surface area (Å²) in [7, 11) is 0. The first-order valence-electron chi connectivity index (χ1n) is 8.72. The van der Waals surface area contributed by atoms with Crippen LogP contribution >= 0.6 is 0 Å². The van der Waals surface area contributed by atoms with Crippen LogP contribution in [0.1, 0.15) is 27.2 Å². The number of nitrogens with one attached hydrogen (secondary N) is 1. The molecular formula is C19H23N3O5. The molecule has 0 spiro atoms. The van der Waals surface area contributed by atoms with Gasteiger partial charge < -0.3 is 14.6 Å². The van der Waals surface area contributed by atoms with E-state index >= 15 is 0 Å². The van der Waals surface area contributed by atoms with Crippen LogP contribution in [0.4, 0.5) is 4.79 Å². The number of nitrogens with zero attached hydrogens (tertiary/aromatic N) is 2. The van der Waals surface area contributed by atoms with E-state index in [4.69, 9.17) is 9.47 Å². The van der Waals surface area contributed by atoms with Crippen LogP contribution in [-0.2, 0) is 9.53 Å². The van der Waals surface area contributed by atoms with Crippen molar-refractivity contribution < 1.29 is 24.2 Å². The maximum Gasteiger partial charge on any atom is 0.422 e. The topological polar surface area (TPSA) is 101 Å². The minimum absolute atomic E-state index is 0.209. The van der Waals surface area contributed by atoms with Crippen molar-refractivity contribution in [2.24, 2.45) is 0 Å². The van der Waals surface area contributed by atoms with Crippen LogP contribution in [0.3, 0.4) is 0 Å². The lowest BCUT2D eigenvalue weighted by Gasteiger charge is -2.25. The fourth-order valence-electron chi connectivity index (χ4n) is 3.00. The van der Waals surface area contributed by atoms with Gasteiger partial charge >= 0.3 is 12.1 Å². The maximum atomic E-state index is 12.0. The number of carbonyl (C=O) groups excluding carboxylic acids is 1. The SMILES string of the molecule is CC(C)(C)OC(=O)NN1C[C@H](Oc2nccc3ccccc23)C[C@@H]1C(=O)O. The Morgan fingerprint density at radius 1 is 1.26 bits per heavy atom. The Balaban J connectivity index is 1.72. The summed E-state index contributed by atoms with van der Waals surface area (Å²) in [4.78, 5) is 27.9. The van der Waals surface area contributed by atoms with Gasteiger partial charge in [-0.3, -0.25) is 10.2 Å². The molecule has 0 bridgehead atoms. The number of carboxylic acids is 1. The number of amides is 1. The normalized spacial score (nSPS) is 20.4. The van der Waals surface area contributed by atoms with E-state index in [9.17, 15) is 14.7 Å². The van der Waals surface area contributed by atoms with Crippen molar-refractivity contribution in [3.8, 4) is 5.88 Å². The molecule has 1 aromatic carbocycles. The molecule has 1 aromatic heterocycles. The van der Waals surface area contributed by atoms with Crippen LogP contribution in [0.25, 0.3) is 10.8 Å². The van der Waals surface area contributed by atoms with Gasteiger partial charge in [0.05, 0.1) is 6.54 Å². The van der Waals surface area contributed by atoms with Gasteiger partial charge in [-0.15, -0.1) is 0 Å². The third kappa shape index (κ3) is 4.65. The average molecular weight is 373 g/mol. The number of rotatable bonds is 4. The number of hydrogen-bond donors (Lipinski definition) is 2. The summed E-state index contributed by atoms with van der Waals surface area (Å²) in [5.41, 5.74) is 1.84. The van der Waals surface area contributed by atoms with Gasteiger partial charge in [-0.25, -0.2) is 14.8 Å². The summed E-state index contributed by atoms with van der Waals surface area (Å²) >= 11 is 0. The highest BCUT2D eigenvalue weighted by molar-refractivity contribution is 5.86. The Morgan fingerprint density at radius 3 is 2.70 bits per heavy atom. The Hall–Kier alpha value is -2.87. The van der Waals surface area contributed by atoms with Crippen molar-refractivity contribution in [3.63, 3.8) is 0 Å². The van der Waals surface area contributed by atoms with Gasteiger partial charge in [0, 0.05) is 18.0 Å². The Labute approximate surface area is 157 Å². The monoisotopic (exact) mass is 373 g/mol. The zero-order valence-corrected chi connectivity index (χ0v) is 15.5. The van der Waals surface area contributed by atoms with Gasteiger partial charge in [-0.1, -0.05) is 18.2 Å². The third-order valence-corrected chi connectivity index (χ3v) is 4.10. The standard InChI is InChI=1S/C19H23N3O5/c1-19(2,3)27-18(25)21-22-11-13(10-15(22)17(23)24)26-16-14-7-5-4-6-12(14)8-9-20-16/h4-9,13,15H,10-11H2,1-3H3,(H,21,25)(H,23,24)/t13-,15-/m1/s1. The van der Waals surface area contributed by atoms with Crippen LogP contribution in [0.15, 0.2) is 36.5 Å². The third-order valence-electron chi connectivity index (χ3n) is 4.10. The van der Waals surface area contributed by atoms with Crippen molar-refractivity contribution in [3.05, 3.63) is 36.5 Å². The number of pyridine rings is 1. The molecule has 8 nitrogen and oxygen atoms in total. The summed E-state index contributed by atoms with van der Waals surface area (Å²) in [6.07, 6.45) is 0.741. The van der Waals surface area contributed by atoms with E-state index in [0.717, 1.165) is 10.8 Å². The molecule has 2 atom stereocenters. The van der Waals surface area contributed by atoms with Crippen LogP contribution in [-0.4, -0.2) is 51.5 Å². The predicted molar refractivity (Wildman–Crippen MR) is 98.3 cm³/mol. The minimum Gasteiger partial charge on any atom is -0.480 e. The average Bonchev–Trinajstić information content (AvgIpc) is 2.96. The number of carbonyl (C=O) groups is 2. The second kappa shape index (κ2) is 7.40. The van der Waals surface area contributed by atoms with E-state index in [1.807, 2.05) is 30.3 Å². The van der Waals surface area contributed by atoms with Crippen LogP contribution in [0, 0.1) is 0 Å². The van der Waals surface area contributed by atoms with E-state index in [2.05, 4.69) is 10.4 Å². The first-order valence-corrected chi connectivity index (χ1v) is 8.72. The fraction of sp³-hybridized carbons (Fsp3) is 0.421. The molecule has 2 aromatic rings. The summed E-state index contributed by atoms with van der Waals surface area (Å²) in [5.74, 6) is -0.593. The van der Waals surface area contributed by atoms with E-state index in [0.29, 0.717) is 5.88 Å².